The minimum Gasteiger partial charge on any atom is -0.360 e. The maximum absolute atomic E-state index is 12.8. The normalized spacial score (nSPS) is 21.5. The number of amides is 2. The van der Waals surface area contributed by atoms with Crippen LogP contribution in [0.5, 0.6) is 0 Å². The first-order valence-electron chi connectivity index (χ1n) is 8.25. The molecule has 1 saturated carbocycles. The van der Waals surface area contributed by atoms with Crippen LogP contribution < -0.4 is 10.6 Å². The minimum absolute atomic E-state index is 0.0804. The molecule has 1 aromatic carbocycles. The van der Waals surface area contributed by atoms with Gasteiger partial charge in [-0.05, 0) is 31.4 Å². The number of benzene rings is 1. The van der Waals surface area contributed by atoms with Crippen molar-refractivity contribution in [2.45, 2.75) is 36.4 Å². The molecule has 3 rings (SSSR count). The van der Waals surface area contributed by atoms with Gasteiger partial charge in [0.05, 0.1) is 18.0 Å². The Morgan fingerprint density at radius 1 is 1.16 bits per heavy atom. The zero-order valence-corrected chi connectivity index (χ0v) is 14.5. The molecule has 0 bridgehead atoms. The zero-order chi connectivity index (χ0) is 17.9. The highest BCUT2D eigenvalue weighted by Gasteiger charge is 2.35. The Labute approximate surface area is 146 Å². The van der Waals surface area contributed by atoms with Crippen LogP contribution in [0, 0.1) is 0 Å². The number of carbonyl (C=O) groups excluding carboxylic acids is 2. The predicted octanol–water partition coefficient (Wildman–Crippen LogP) is -0.181. The van der Waals surface area contributed by atoms with E-state index in [4.69, 9.17) is 4.74 Å². The summed E-state index contributed by atoms with van der Waals surface area (Å²) in [5, 5.41) is 5.04. The van der Waals surface area contributed by atoms with Gasteiger partial charge < -0.3 is 15.4 Å². The summed E-state index contributed by atoms with van der Waals surface area (Å²) in [6.07, 6.45) is 1.50. The maximum atomic E-state index is 12.8. The molecule has 2 amide bonds. The third-order valence-electron chi connectivity index (χ3n) is 4.06. The van der Waals surface area contributed by atoms with Gasteiger partial charge in [-0.2, -0.15) is 4.31 Å². The van der Waals surface area contributed by atoms with E-state index in [0.29, 0.717) is 19.6 Å². The Morgan fingerprint density at radius 3 is 2.56 bits per heavy atom. The van der Waals surface area contributed by atoms with E-state index in [2.05, 4.69) is 10.6 Å². The monoisotopic (exact) mass is 367 g/mol. The molecule has 136 valence electrons. The molecule has 8 nitrogen and oxygen atoms in total. The molecular weight excluding hydrogens is 346 g/mol. The summed E-state index contributed by atoms with van der Waals surface area (Å²) in [5.41, 5.74) is 0. The number of nitrogens with zero attached hydrogens (tertiary/aromatic N) is 1. The van der Waals surface area contributed by atoms with Gasteiger partial charge in [-0.15, -0.1) is 0 Å². The quantitative estimate of drug-likeness (QED) is 0.703. The maximum Gasteiger partial charge on any atom is 0.309 e. The first-order chi connectivity index (χ1) is 12.0. The summed E-state index contributed by atoms with van der Waals surface area (Å²) < 4.78 is 32.3. The second-order valence-electron chi connectivity index (χ2n) is 6.07. The van der Waals surface area contributed by atoms with Crippen molar-refractivity contribution >= 4 is 21.8 Å². The lowest BCUT2D eigenvalue weighted by Gasteiger charge is -2.34. The third-order valence-corrected chi connectivity index (χ3v) is 5.96. The summed E-state index contributed by atoms with van der Waals surface area (Å²) in [6.45, 7) is 0.616. The molecule has 0 unspecified atom stereocenters. The van der Waals surface area contributed by atoms with Crippen molar-refractivity contribution in [2.75, 3.05) is 19.7 Å². The lowest BCUT2D eigenvalue weighted by atomic mass is 10.3. The van der Waals surface area contributed by atoms with Crippen molar-refractivity contribution in [1.29, 1.82) is 0 Å². The van der Waals surface area contributed by atoms with Crippen LogP contribution in [0.2, 0.25) is 0 Å². The second-order valence-corrected chi connectivity index (χ2v) is 7.96. The van der Waals surface area contributed by atoms with Gasteiger partial charge in [-0.3, -0.25) is 9.59 Å². The first-order valence-corrected chi connectivity index (χ1v) is 9.69. The highest BCUT2D eigenvalue weighted by atomic mass is 32.2. The topological polar surface area (TPSA) is 105 Å². The lowest BCUT2D eigenvalue weighted by Crippen LogP contribution is -2.53. The first kappa shape index (κ1) is 17.8. The van der Waals surface area contributed by atoms with Gasteiger partial charge >= 0.3 is 11.8 Å². The molecule has 1 atom stereocenters. The Bertz CT molecular complexity index is 733. The SMILES string of the molecule is O=C(NC[C@@H]1OCCCN1S(=O)(=O)c1ccccc1)C(=O)NC1CC1. The van der Waals surface area contributed by atoms with Crippen molar-refractivity contribution in [3.63, 3.8) is 0 Å². The number of ether oxygens (including phenoxy) is 1. The number of hydrogen-bond acceptors (Lipinski definition) is 5. The molecule has 1 heterocycles. The van der Waals surface area contributed by atoms with Crippen LogP contribution in [-0.2, 0) is 24.3 Å². The summed E-state index contributed by atoms with van der Waals surface area (Å²) in [6, 6.07) is 8.15. The van der Waals surface area contributed by atoms with Crippen LogP contribution in [0.1, 0.15) is 19.3 Å². The van der Waals surface area contributed by atoms with Gasteiger partial charge in [0.15, 0.2) is 0 Å². The lowest BCUT2D eigenvalue weighted by molar-refractivity contribution is -0.140. The van der Waals surface area contributed by atoms with Crippen LogP contribution >= 0.6 is 0 Å². The van der Waals surface area contributed by atoms with Crippen molar-refractivity contribution < 1.29 is 22.7 Å². The second kappa shape index (κ2) is 7.51. The van der Waals surface area contributed by atoms with Crippen molar-refractivity contribution in [1.82, 2.24) is 14.9 Å². The van der Waals surface area contributed by atoms with E-state index < -0.39 is 28.1 Å². The molecule has 1 aliphatic heterocycles. The van der Waals surface area contributed by atoms with Crippen LogP contribution in [0.4, 0.5) is 0 Å². The van der Waals surface area contributed by atoms with Crippen LogP contribution in [-0.4, -0.2) is 56.5 Å². The molecule has 0 aromatic heterocycles. The molecule has 1 saturated heterocycles. The molecule has 2 aliphatic rings. The third kappa shape index (κ3) is 4.36. The van der Waals surface area contributed by atoms with Gasteiger partial charge in [-0.25, -0.2) is 8.42 Å². The summed E-state index contributed by atoms with van der Waals surface area (Å²) in [5.74, 6) is -1.48. The fourth-order valence-corrected chi connectivity index (χ4v) is 4.16. The van der Waals surface area contributed by atoms with E-state index >= 15 is 0 Å². The van der Waals surface area contributed by atoms with Crippen molar-refractivity contribution in [3.05, 3.63) is 30.3 Å². The molecular formula is C16H21N3O5S. The minimum atomic E-state index is -3.73. The highest BCUT2D eigenvalue weighted by Crippen LogP contribution is 2.22. The van der Waals surface area contributed by atoms with Crippen LogP contribution in [0.3, 0.4) is 0 Å². The van der Waals surface area contributed by atoms with Crippen molar-refractivity contribution in [3.8, 4) is 0 Å². The van der Waals surface area contributed by atoms with Crippen molar-refractivity contribution in [2.24, 2.45) is 0 Å². The number of carbonyl (C=O) groups is 2. The van der Waals surface area contributed by atoms with E-state index in [1.165, 1.54) is 16.4 Å². The Hall–Kier alpha value is -1.97. The van der Waals surface area contributed by atoms with E-state index in [0.717, 1.165) is 12.8 Å². The number of rotatable bonds is 5. The summed E-state index contributed by atoms with van der Waals surface area (Å²) in [4.78, 5) is 23.7. The van der Waals surface area contributed by atoms with Gasteiger partial charge in [-0.1, -0.05) is 18.2 Å². The van der Waals surface area contributed by atoms with Gasteiger partial charge in [0.25, 0.3) is 0 Å². The van der Waals surface area contributed by atoms with Crippen LogP contribution in [0.15, 0.2) is 35.2 Å². The van der Waals surface area contributed by atoms with E-state index in [1.807, 2.05) is 0 Å². The Balaban J connectivity index is 1.64. The smallest absolute Gasteiger partial charge is 0.309 e. The molecule has 25 heavy (non-hydrogen) atoms. The largest absolute Gasteiger partial charge is 0.360 e. The molecule has 0 radical (unpaired) electrons. The number of hydrogen-bond donors (Lipinski definition) is 2. The Morgan fingerprint density at radius 2 is 1.88 bits per heavy atom. The highest BCUT2D eigenvalue weighted by molar-refractivity contribution is 7.89. The fourth-order valence-electron chi connectivity index (χ4n) is 2.57. The van der Waals surface area contributed by atoms with Gasteiger partial charge in [0.1, 0.15) is 6.23 Å². The fraction of sp³-hybridized carbons (Fsp3) is 0.500. The molecule has 2 N–H and O–H groups in total. The zero-order valence-electron chi connectivity index (χ0n) is 13.7. The molecule has 9 heteroatoms. The molecule has 2 fully saturated rings. The van der Waals surface area contributed by atoms with E-state index in [9.17, 15) is 18.0 Å². The summed E-state index contributed by atoms with van der Waals surface area (Å²) in [7, 11) is -3.73. The average Bonchev–Trinajstić information content (AvgIpc) is 3.44. The Kier molecular flexibility index (Phi) is 5.36. The average molecular weight is 367 g/mol. The number of sulfonamides is 1. The molecule has 1 aliphatic carbocycles. The molecule has 0 spiro atoms. The predicted molar refractivity (Wildman–Crippen MR) is 88.9 cm³/mol. The number of nitrogens with one attached hydrogen (secondary N) is 2. The van der Waals surface area contributed by atoms with E-state index in [1.54, 1.807) is 18.2 Å². The van der Waals surface area contributed by atoms with Gasteiger partial charge in [0, 0.05) is 12.6 Å². The van der Waals surface area contributed by atoms with Gasteiger partial charge in [0.2, 0.25) is 10.0 Å². The standard InChI is InChI=1S/C16H21N3O5S/c20-15(16(21)18-12-7-8-12)17-11-14-19(9-4-10-24-14)25(22,23)13-5-2-1-3-6-13/h1-3,5-6,12,14H,4,7-11H2,(H,17,20)(H,18,21)/t14-/m0/s1. The van der Waals surface area contributed by atoms with E-state index in [-0.39, 0.29) is 17.5 Å². The molecule has 1 aromatic rings. The summed E-state index contributed by atoms with van der Waals surface area (Å²) >= 11 is 0. The van der Waals surface area contributed by atoms with Crippen LogP contribution in [0.25, 0.3) is 0 Å².